The second-order valence-corrected chi connectivity index (χ2v) is 8.90. The van der Waals surface area contributed by atoms with E-state index in [1.54, 1.807) is 6.26 Å². The number of rotatable bonds is 5. The molecule has 1 fully saturated rings. The van der Waals surface area contributed by atoms with Gasteiger partial charge in [0, 0.05) is 34.3 Å². The minimum atomic E-state index is -0.644. The SMILES string of the molecule is CCc1cnc(-c2ccc(C(=O)NC3CCC(C(C)(C)O)CC3)cc2)c2ccoc12. The van der Waals surface area contributed by atoms with Crippen molar-refractivity contribution in [2.75, 3.05) is 0 Å². The van der Waals surface area contributed by atoms with Crippen LogP contribution in [-0.4, -0.2) is 27.6 Å². The predicted octanol–water partition coefficient (Wildman–Crippen LogP) is 5.12. The number of nitrogens with zero attached hydrogens (tertiary/aromatic N) is 1. The van der Waals surface area contributed by atoms with Gasteiger partial charge in [-0.25, -0.2) is 0 Å². The van der Waals surface area contributed by atoms with E-state index in [4.69, 9.17) is 4.42 Å². The van der Waals surface area contributed by atoms with E-state index in [0.29, 0.717) is 11.5 Å². The van der Waals surface area contributed by atoms with E-state index >= 15 is 0 Å². The summed E-state index contributed by atoms with van der Waals surface area (Å²) in [6, 6.07) is 9.72. The molecule has 0 atom stereocenters. The van der Waals surface area contributed by atoms with Crippen molar-refractivity contribution in [1.29, 1.82) is 0 Å². The van der Waals surface area contributed by atoms with Crippen molar-refractivity contribution in [2.24, 2.45) is 5.92 Å². The van der Waals surface area contributed by atoms with Gasteiger partial charge in [0.2, 0.25) is 0 Å². The average molecular weight is 407 g/mol. The monoisotopic (exact) mass is 406 g/mol. The highest BCUT2D eigenvalue weighted by Crippen LogP contribution is 2.33. The molecule has 5 nitrogen and oxygen atoms in total. The number of carbonyl (C=O) groups excluding carboxylic acids is 1. The molecule has 1 aliphatic rings. The summed E-state index contributed by atoms with van der Waals surface area (Å²) >= 11 is 0. The van der Waals surface area contributed by atoms with Crippen LogP contribution >= 0.6 is 0 Å². The Balaban J connectivity index is 1.44. The second kappa shape index (κ2) is 8.23. The van der Waals surface area contributed by atoms with Gasteiger partial charge in [-0.05, 0) is 70.1 Å². The minimum absolute atomic E-state index is 0.0454. The van der Waals surface area contributed by atoms with Gasteiger partial charge in [-0.2, -0.15) is 0 Å². The van der Waals surface area contributed by atoms with E-state index in [9.17, 15) is 9.90 Å². The summed E-state index contributed by atoms with van der Waals surface area (Å²) in [6.07, 6.45) is 8.12. The van der Waals surface area contributed by atoms with Crippen LogP contribution in [0.5, 0.6) is 0 Å². The molecule has 0 aliphatic heterocycles. The lowest BCUT2D eigenvalue weighted by molar-refractivity contribution is -0.00257. The van der Waals surface area contributed by atoms with Crippen LogP contribution in [0.25, 0.3) is 22.2 Å². The molecule has 4 rings (SSSR count). The molecule has 3 aromatic rings. The van der Waals surface area contributed by atoms with Crippen molar-refractivity contribution in [2.45, 2.75) is 64.5 Å². The van der Waals surface area contributed by atoms with Crippen molar-refractivity contribution in [3.05, 3.63) is 53.9 Å². The molecule has 0 bridgehead atoms. The maximum atomic E-state index is 12.7. The highest BCUT2D eigenvalue weighted by molar-refractivity contribution is 5.96. The number of aromatic nitrogens is 1. The second-order valence-electron chi connectivity index (χ2n) is 8.90. The number of aliphatic hydroxyl groups is 1. The third kappa shape index (κ3) is 4.12. The highest BCUT2D eigenvalue weighted by Gasteiger charge is 2.31. The Morgan fingerprint density at radius 1 is 1.17 bits per heavy atom. The Bertz CT molecular complexity index is 1020. The first-order valence-corrected chi connectivity index (χ1v) is 10.9. The van der Waals surface area contributed by atoms with Crippen LogP contribution in [-0.2, 0) is 6.42 Å². The lowest BCUT2D eigenvalue weighted by Crippen LogP contribution is -2.41. The summed E-state index contributed by atoms with van der Waals surface area (Å²) in [6.45, 7) is 5.84. The third-order valence-electron chi connectivity index (χ3n) is 6.42. The Labute approximate surface area is 177 Å². The average Bonchev–Trinajstić information content (AvgIpc) is 3.23. The van der Waals surface area contributed by atoms with Gasteiger partial charge >= 0.3 is 0 Å². The largest absolute Gasteiger partial charge is 0.464 e. The van der Waals surface area contributed by atoms with Crippen molar-refractivity contribution >= 4 is 16.9 Å². The fourth-order valence-corrected chi connectivity index (χ4v) is 4.49. The quantitative estimate of drug-likeness (QED) is 0.617. The minimum Gasteiger partial charge on any atom is -0.464 e. The van der Waals surface area contributed by atoms with Crippen LogP contribution < -0.4 is 5.32 Å². The van der Waals surface area contributed by atoms with Crippen LogP contribution in [0.2, 0.25) is 0 Å². The zero-order chi connectivity index (χ0) is 21.3. The van der Waals surface area contributed by atoms with Crippen LogP contribution in [0.15, 0.2) is 47.2 Å². The van der Waals surface area contributed by atoms with Gasteiger partial charge in [0.1, 0.15) is 5.58 Å². The summed E-state index contributed by atoms with van der Waals surface area (Å²) in [5.74, 6) is 0.257. The van der Waals surface area contributed by atoms with Crippen LogP contribution in [0.4, 0.5) is 0 Å². The van der Waals surface area contributed by atoms with E-state index < -0.39 is 5.60 Å². The number of amides is 1. The summed E-state index contributed by atoms with van der Waals surface area (Å²) < 4.78 is 5.66. The molecule has 1 aromatic carbocycles. The van der Waals surface area contributed by atoms with E-state index in [1.165, 1.54) is 0 Å². The number of aryl methyl sites for hydroxylation is 1. The molecule has 0 saturated heterocycles. The Kier molecular flexibility index (Phi) is 5.65. The van der Waals surface area contributed by atoms with Gasteiger partial charge in [-0.15, -0.1) is 0 Å². The van der Waals surface area contributed by atoms with Gasteiger partial charge in [-0.3, -0.25) is 9.78 Å². The summed E-state index contributed by atoms with van der Waals surface area (Å²) in [7, 11) is 0. The van der Waals surface area contributed by atoms with Crippen molar-refractivity contribution in [1.82, 2.24) is 10.3 Å². The maximum Gasteiger partial charge on any atom is 0.251 e. The molecule has 2 N–H and O–H groups in total. The Morgan fingerprint density at radius 2 is 1.87 bits per heavy atom. The first kappa shape index (κ1) is 20.6. The van der Waals surface area contributed by atoms with Crippen LogP contribution in [0, 0.1) is 5.92 Å². The molecular formula is C25H30N2O3. The number of fused-ring (bicyclic) bond motifs is 1. The number of furan rings is 1. The fraction of sp³-hybridized carbons (Fsp3) is 0.440. The predicted molar refractivity (Wildman–Crippen MR) is 118 cm³/mol. The smallest absolute Gasteiger partial charge is 0.251 e. The van der Waals surface area contributed by atoms with Crippen molar-refractivity contribution < 1.29 is 14.3 Å². The molecule has 0 spiro atoms. The van der Waals surface area contributed by atoms with E-state index in [0.717, 1.165) is 59.9 Å². The molecule has 5 heteroatoms. The maximum absolute atomic E-state index is 12.7. The van der Waals surface area contributed by atoms with Gasteiger partial charge in [0.25, 0.3) is 5.91 Å². The molecule has 1 aliphatic carbocycles. The highest BCUT2D eigenvalue weighted by atomic mass is 16.3. The van der Waals surface area contributed by atoms with E-state index in [-0.39, 0.29) is 11.9 Å². The summed E-state index contributed by atoms with van der Waals surface area (Å²) in [5, 5.41) is 14.3. The molecule has 0 unspecified atom stereocenters. The number of pyridine rings is 1. The molecule has 0 radical (unpaired) electrons. The van der Waals surface area contributed by atoms with Crippen molar-refractivity contribution in [3.8, 4) is 11.3 Å². The number of benzene rings is 1. The zero-order valence-corrected chi connectivity index (χ0v) is 17.9. The molecule has 2 heterocycles. The standard InChI is InChI=1S/C25H30N2O3/c1-4-16-15-26-22(21-13-14-30-23(16)21)17-5-7-18(8-6-17)24(28)27-20-11-9-19(10-12-20)25(2,3)29/h5-8,13-15,19-20,29H,4,9-12H2,1-3H3,(H,27,28). The normalized spacial score (nSPS) is 19.7. The first-order valence-electron chi connectivity index (χ1n) is 10.9. The number of carbonyl (C=O) groups is 1. The number of hydrogen-bond donors (Lipinski definition) is 2. The first-order chi connectivity index (χ1) is 14.4. The zero-order valence-electron chi connectivity index (χ0n) is 17.9. The lowest BCUT2D eigenvalue weighted by atomic mass is 9.77. The third-order valence-corrected chi connectivity index (χ3v) is 6.42. The summed E-state index contributed by atoms with van der Waals surface area (Å²) in [4.78, 5) is 17.3. The van der Waals surface area contributed by atoms with Crippen LogP contribution in [0.3, 0.4) is 0 Å². The Hall–Kier alpha value is -2.66. The van der Waals surface area contributed by atoms with Gasteiger partial charge in [-0.1, -0.05) is 19.1 Å². The molecule has 30 heavy (non-hydrogen) atoms. The molecule has 1 saturated carbocycles. The summed E-state index contributed by atoms with van der Waals surface area (Å²) in [5.41, 5.74) is 3.81. The molecular weight excluding hydrogens is 376 g/mol. The number of nitrogens with one attached hydrogen (secondary N) is 1. The molecule has 2 aromatic heterocycles. The number of hydrogen-bond acceptors (Lipinski definition) is 4. The Morgan fingerprint density at radius 3 is 2.50 bits per heavy atom. The molecule has 158 valence electrons. The lowest BCUT2D eigenvalue weighted by Gasteiger charge is -2.36. The van der Waals surface area contributed by atoms with Gasteiger partial charge in [0.15, 0.2) is 0 Å². The van der Waals surface area contributed by atoms with Gasteiger partial charge in [0.05, 0.1) is 17.6 Å². The fourth-order valence-electron chi connectivity index (χ4n) is 4.49. The van der Waals surface area contributed by atoms with E-state index in [1.807, 2.05) is 50.4 Å². The van der Waals surface area contributed by atoms with E-state index in [2.05, 4.69) is 17.2 Å². The van der Waals surface area contributed by atoms with Crippen LogP contribution in [0.1, 0.15) is 62.4 Å². The van der Waals surface area contributed by atoms with Crippen molar-refractivity contribution in [3.63, 3.8) is 0 Å². The molecule has 1 amide bonds. The topological polar surface area (TPSA) is 75.4 Å². The van der Waals surface area contributed by atoms with Gasteiger partial charge < -0.3 is 14.8 Å².